The Morgan fingerprint density at radius 2 is 1.73 bits per heavy atom. The second kappa shape index (κ2) is 7.22. The van der Waals surface area contributed by atoms with E-state index in [0.29, 0.717) is 22.6 Å². The van der Waals surface area contributed by atoms with E-state index in [2.05, 4.69) is 0 Å². The summed E-state index contributed by atoms with van der Waals surface area (Å²) in [7, 11) is 7.87. The maximum Gasteiger partial charge on any atom is 0.336 e. The Balaban J connectivity index is 2.19. The Morgan fingerprint density at radius 3 is 2.40 bits per heavy atom. The van der Waals surface area contributed by atoms with Crippen LogP contribution in [0.25, 0.3) is 33.4 Å². The molecule has 2 aromatic carbocycles. The van der Waals surface area contributed by atoms with E-state index in [0.717, 1.165) is 27.6 Å². The molecule has 2 aromatic rings. The zero-order chi connectivity index (χ0) is 21.6. The lowest BCUT2D eigenvalue weighted by molar-refractivity contribution is 0.0698. The van der Waals surface area contributed by atoms with E-state index in [1.807, 2.05) is 74.1 Å². The summed E-state index contributed by atoms with van der Waals surface area (Å²) >= 11 is 0. The van der Waals surface area contributed by atoms with E-state index < -0.39 is 5.97 Å². The Morgan fingerprint density at radius 1 is 1.00 bits per heavy atom. The van der Waals surface area contributed by atoms with Gasteiger partial charge in [-0.05, 0) is 35.9 Å². The van der Waals surface area contributed by atoms with Gasteiger partial charge in [0.25, 0.3) is 0 Å². The van der Waals surface area contributed by atoms with Gasteiger partial charge >= 0.3 is 5.97 Å². The summed E-state index contributed by atoms with van der Waals surface area (Å²) in [5.41, 5.74) is 10.4. The molecule has 2 aliphatic rings. The number of hydrogen-bond acceptors (Lipinski definition) is 4. The molecule has 152 valence electrons. The first-order chi connectivity index (χ1) is 14.3. The molecule has 30 heavy (non-hydrogen) atoms. The summed E-state index contributed by atoms with van der Waals surface area (Å²) in [6.45, 7) is 0. The fourth-order valence-electron chi connectivity index (χ4n) is 3.67. The Hall–Kier alpha value is -3.80. The average molecular weight is 402 g/mol. The van der Waals surface area contributed by atoms with Gasteiger partial charge in [-0.3, -0.25) is 0 Å². The quantitative estimate of drug-likeness (QED) is 0.311. The molecule has 4 rings (SSSR count). The molecule has 6 nitrogen and oxygen atoms in total. The minimum absolute atomic E-state index is 0.164. The zero-order valence-corrected chi connectivity index (χ0v) is 17.4. The Kier molecular flexibility index (Phi) is 4.70. The number of carboxylic acid groups (broad SMARTS) is 1. The highest BCUT2D eigenvalue weighted by Crippen LogP contribution is 2.42. The monoisotopic (exact) mass is 402 g/mol. The number of rotatable bonds is 3. The second-order valence-corrected chi connectivity index (χ2v) is 7.74. The molecule has 0 atom stereocenters. The van der Waals surface area contributed by atoms with Crippen LogP contribution >= 0.6 is 0 Å². The molecule has 0 fully saturated rings. The zero-order valence-electron chi connectivity index (χ0n) is 17.4. The van der Waals surface area contributed by atoms with Crippen LogP contribution in [-0.4, -0.2) is 39.3 Å². The molecule has 0 saturated carbocycles. The normalized spacial score (nSPS) is 11.1. The fourth-order valence-corrected chi connectivity index (χ4v) is 3.67. The highest BCUT2D eigenvalue weighted by Gasteiger charge is 2.22. The SMILES string of the molecule is CN(C)c1ccc2c(-c3ccc(N)cc3C(=O)O)c3ccc(=[N+](C)C)cc-3oc2c1. The van der Waals surface area contributed by atoms with Crippen LogP contribution in [0.5, 0.6) is 0 Å². The average Bonchev–Trinajstić information content (AvgIpc) is 2.71. The maximum absolute atomic E-state index is 12.0. The maximum atomic E-state index is 12.0. The number of nitrogen functional groups attached to an aromatic ring is 1. The Labute approximate surface area is 174 Å². The van der Waals surface area contributed by atoms with Crippen LogP contribution in [0, 0.1) is 0 Å². The molecule has 3 N–H and O–H groups in total. The number of carboxylic acids is 1. The molecule has 6 heteroatoms. The number of fused-ring (bicyclic) bond motifs is 2. The standard InChI is InChI=1S/C24H23N3O3/c1-26(2)15-6-9-18-21(12-15)30-22-13-16(27(3)4)7-10-19(22)23(18)17-8-5-14(25)11-20(17)24(28)29/h5-13,25H,1-4H3,(H,28,29)/p+1. The third-order valence-electron chi connectivity index (χ3n) is 5.27. The summed E-state index contributed by atoms with van der Waals surface area (Å²) in [4.78, 5) is 14.0. The molecule has 0 aromatic heterocycles. The topological polar surface area (TPSA) is 82.7 Å². The molecule has 0 radical (unpaired) electrons. The Bertz CT molecular complexity index is 1330. The van der Waals surface area contributed by atoms with Crippen LogP contribution in [0.1, 0.15) is 10.4 Å². The number of nitrogens with zero attached hydrogens (tertiary/aromatic N) is 2. The number of nitrogens with two attached hydrogens (primary N) is 1. The van der Waals surface area contributed by atoms with Gasteiger partial charge in [-0.2, -0.15) is 0 Å². The van der Waals surface area contributed by atoms with Crippen molar-refractivity contribution in [1.29, 1.82) is 0 Å². The summed E-state index contributed by atoms with van der Waals surface area (Å²) in [6.07, 6.45) is 0. The summed E-state index contributed by atoms with van der Waals surface area (Å²) < 4.78 is 8.29. The first-order valence-corrected chi connectivity index (χ1v) is 9.57. The fraction of sp³-hybridized carbons (Fsp3) is 0.167. The van der Waals surface area contributed by atoms with E-state index >= 15 is 0 Å². The van der Waals surface area contributed by atoms with Gasteiger partial charge in [0.05, 0.1) is 11.6 Å². The first kappa shape index (κ1) is 19.5. The number of carbonyl (C=O) groups is 1. The van der Waals surface area contributed by atoms with Gasteiger partial charge in [-0.25, -0.2) is 9.37 Å². The van der Waals surface area contributed by atoms with Gasteiger partial charge in [0.2, 0.25) is 5.36 Å². The van der Waals surface area contributed by atoms with Crippen molar-refractivity contribution in [2.24, 2.45) is 0 Å². The molecule has 0 saturated heterocycles. The number of anilines is 2. The third-order valence-corrected chi connectivity index (χ3v) is 5.27. The molecule has 0 bridgehead atoms. The summed E-state index contributed by atoms with van der Waals surface area (Å²) in [5, 5.41) is 11.7. The van der Waals surface area contributed by atoms with Crippen LogP contribution < -0.4 is 20.6 Å². The summed E-state index contributed by atoms with van der Waals surface area (Å²) in [6, 6.07) is 16.9. The van der Waals surface area contributed by atoms with Gasteiger partial charge in [0.15, 0.2) is 0 Å². The smallest absolute Gasteiger partial charge is 0.336 e. The number of benzene rings is 3. The number of aromatic carboxylic acids is 1. The van der Waals surface area contributed by atoms with Crippen molar-refractivity contribution in [3.8, 4) is 22.5 Å². The molecule has 1 aliphatic heterocycles. The molecule has 0 unspecified atom stereocenters. The van der Waals surface area contributed by atoms with Crippen molar-refractivity contribution in [3.05, 3.63) is 65.5 Å². The van der Waals surface area contributed by atoms with Gasteiger partial charge in [-0.15, -0.1) is 0 Å². The molecular weight excluding hydrogens is 378 g/mol. The summed E-state index contributed by atoms with van der Waals surface area (Å²) in [5.74, 6) is -0.331. The minimum atomic E-state index is -1.02. The lowest BCUT2D eigenvalue weighted by Crippen LogP contribution is -2.21. The van der Waals surface area contributed by atoms with Crippen LogP contribution in [0.2, 0.25) is 0 Å². The van der Waals surface area contributed by atoms with Crippen molar-refractivity contribution >= 4 is 28.3 Å². The van der Waals surface area contributed by atoms with Gasteiger partial charge < -0.3 is 20.2 Å². The van der Waals surface area contributed by atoms with E-state index in [1.165, 1.54) is 6.07 Å². The van der Waals surface area contributed by atoms with Crippen LogP contribution in [0.3, 0.4) is 0 Å². The number of hydrogen-bond donors (Lipinski definition) is 2. The largest absolute Gasteiger partial charge is 0.478 e. The van der Waals surface area contributed by atoms with E-state index in [-0.39, 0.29) is 5.56 Å². The van der Waals surface area contributed by atoms with Crippen molar-refractivity contribution in [1.82, 2.24) is 4.58 Å². The van der Waals surface area contributed by atoms with Crippen molar-refractivity contribution in [2.75, 3.05) is 38.8 Å². The van der Waals surface area contributed by atoms with Gasteiger partial charge in [0.1, 0.15) is 25.4 Å². The second-order valence-electron chi connectivity index (χ2n) is 7.74. The highest BCUT2D eigenvalue weighted by atomic mass is 16.4. The lowest BCUT2D eigenvalue weighted by atomic mass is 9.90. The van der Waals surface area contributed by atoms with Crippen molar-refractivity contribution in [3.63, 3.8) is 0 Å². The van der Waals surface area contributed by atoms with E-state index in [1.54, 1.807) is 12.1 Å². The van der Waals surface area contributed by atoms with Gasteiger partial charge in [-0.1, -0.05) is 6.07 Å². The molecule has 1 heterocycles. The van der Waals surface area contributed by atoms with Crippen LogP contribution in [-0.2, 0) is 0 Å². The van der Waals surface area contributed by atoms with Crippen LogP contribution in [0.15, 0.2) is 59.0 Å². The molecule has 1 aliphatic carbocycles. The van der Waals surface area contributed by atoms with Crippen molar-refractivity contribution in [2.45, 2.75) is 0 Å². The van der Waals surface area contributed by atoms with E-state index in [4.69, 9.17) is 10.2 Å². The minimum Gasteiger partial charge on any atom is -0.478 e. The highest BCUT2D eigenvalue weighted by molar-refractivity contribution is 6.08. The lowest BCUT2D eigenvalue weighted by Gasteiger charge is -2.19. The van der Waals surface area contributed by atoms with Gasteiger partial charge in [0, 0.05) is 54.1 Å². The predicted molar refractivity (Wildman–Crippen MR) is 121 cm³/mol. The molecular formula is C24H24N3O3+. The van der Waals surface area contributed by atoms with Crippen LogP contribution in [0.4, 0.5) is 11.4 Å². The van der Waals surface area contributed by atoms with Crippen molar-refractivity contribution < 1.29 is 14.3 Å². The molecule has 0 spiro atoms. The van der Waals surface area contributed by atoms with E-state index in [9.17, 15) is 9.90 Å². The predicted octanol–water partition coefficient (Wildman–Crippen LogP) is 3.58. The third kappa shape index (κ3) is 3.26. The first-order valence-electron chi connectivity index (χ1n) is 9.57. The molecule has 0 amide bonds.